The molecule has 0 radical (unpaired) electrons. The van der Waals surface area contributed by atoms with Crippen molar-refractivity contribution < 1.29 is 0 Å². The summed E-state index contributed by atoms with van der Waals surface area (Å²) < 4.78 is 1.85. The summed E-state index contributed by atoms with van der Waals surface area (Å²) in [4.78, 5) is 0. The van der Waals surface area contributed by atoms with Gasteiger partial charge in [0.05, 0.1) is 11.9 Å². The first kappa shape index (κ1) is 10.6. The molecule has 74 valence electrons. The molecular formula is C9H17N3S. The number of hydrogen-bond acceptors (Lipinski definition) is 3. The molecule has 13 heavy (non-hydrogen) atoms. The van der Waals surface area contributed by atoms with E-state index in [0.29, 0.717) is 11.2 Å². The molecular weight excluding hydrogens is 182 g/mol. The highest BCUT2D eigenvalue weighted by molar-refractivity contribution is 7.98. The van der Waals surface area contributed by atoms with Crippen LogP contribution in [0.1, 0.15) is 33.4 Å². The molecule has 0 amide bonds. The van der Waals surface area contributed by atoms with Crippen molar-refractivity contribution in [2.24, 2.45) is 5.92 Å². The summed E-state index contributed by atoms with van der Waals surface area (Å²) in [6.07, 6.45) is 3.03. The zero-order valence-electron chi connectivity index (χ0n) is 8.69. The molecule has 3 nitrogen and oxygen atoms in total. The van der Waals surface area contributed by atoms with Gasteiger partial charge in [-0.2, -0.15) is 4.09 Å². The number of nitrogens with zero attached hydrogens (tertiary/aromatic N) is 3. The first-order chi connectivity index (χ1) is 6.08. The van der Waals surface area contributed by atoms with E-state index in [1.54, 1.807) is 11.9 Å². The lowest BCUT2D eigenvalue weighted by Gasteiger charge is -2.01. The minimum absolute atomic E-state index is 0.550. The molecule has 1 aromatic rings. The highest BCUT2D eigenvalue weighted by Crippen LogP contribution is 2.12. The Hall–Kier alpha value is -0.510. The maximum atomic E-state index is 4.10. The molecule has 0 bridgehead atoms. The predicted molar refractivity (Wildman–Crippen MR) is 56.7 cm³/mol. The van der Waals surface area contributed by atoms with Gasteiger partial charge in [-0.1, -0.05) is 32.9 Å². The summed E-state index contributed by atoms with van der Waals surface area (Å²) in [7, 11) is 0. The Bertz CT molecular complexity index is 231. The van der Waals surface area contributed by atoms with Crippen molar-refractivity contribution in [2.75, 3.05) is 0 Å². The van der Waals surface area contributed by atoms with Crippen molar-refractivity contribution in [1.82, 2.24) is 14.4 Å². The van der Waals surface area contributed by atoms with E-state index in [-0.39, 0.29) is 0 Å². The minimum Gasteiger partial charge on any atom is -0.193 e. The summed E-state index contributed by atoms with van der Waals surface area (Å²) in [6, 6.07) is 0. The molecule has 0 N–H and O–H groups in total. The Morgan fingerprint density at radius 3 is 2.62 bits per heavy atom. The van der Waals surface area contributed by atoms with Crippen LogP contribution in [0.5, 0.6) is 0 Å². The minimum atomic E-state index is 0.550. The highest BCUT2D eigenvalue weighted by atomic mass is 32.2. The van der Waals surface area contributed by atoms with Crippen molar-refractivity contribution in [3.63, 3.8) is 0 Å². The molecule has 0 saturated carbocycles. The molecule has 0 aliphatic heterocycles. The van der Waals surface area contributed by atoms with Crippen LogP contribution < -0.4 is 0 Å². The van der Waals surface area contributed by atoms with E-state index in [1.807, 2.05) is 10.3 Å². The fourth-order valence-corrected chi connectivity index (χ4v) is 1.75. The van der Waals surface area contributed by atoms with E-state index in [2.05, 4.69) is 38.0 Å². The Kier molecular flexibility index (Phi) is 3.78. The maximum Gasteiger partial charge on any atom is 0.0840 e. The number of hydrogen-bond donors (Lipinski definition) is 0. The summed E-state index contributed by atoms with van der Waals surface area (Å²) in [5.74, 6) is 0.647. The third-order valence-electron chi connectivity index (χ3n) is 1.46. The van der Waals surface area contributed by atoms with Gasteiger partial charge in [-0.05, 0) is 24.3 Å². The second-order valence-corrected chi connectivity index (χ2v) is 5.39. The Balaban J connectivity index is 2.53. The lowest BCUT2D eigenvalue weighted by atomic mass is 10.1. The maximum absolute atomic E-state index is 4.10. The highest BCUT2D eigenvalue weighted by Gasteiger charge is 2.04. The van der Waals surface area contributed by atoms with Gasteiger partial charge in [0, 0.05) is 5.25 Å². The molecule has 1 rings (SSSR count). The van der Waals surface area contributed by atoms with Gasteiger partial charge in [-0.25, -0.2) is 0 Å². The molecule has 4 heteroatoms. The lowest BCUT2D eigenvalue weighted by molar-refractivity contribution is 0.633. The summed E-state index contributed by atoms with van der Waals surface area (Å²) in [5, 5.41) is 8.69. The first-order valence-corrected chi connectivity index (χ1v) is 5.50. The van der Waals surface area contributed by atoms with Crippen LogP contribution in [-0.2, 0) is 6.42 Å². The quantitative estimate of drug-likeness (QED) is 0.746. The van der Waals surface area contributed by atoms with E-state index in [0.717, 1.165) is 12.1 Å². The third-order valence-corrected chi connectivity index (χ3v) is 2.27. The number of aromatic nitrogens is 3. The molecule has 0 aliphatic rings. The van der Waals surface area contributed by atoms with Crippen LogP contribution in [0, 0.1) is 5.92 Å². The lowest BCUT2D eigenvalue weighted by Crippen LogP contribution is -1.95. The SMILES string of the molecule is CC(C)Cc1cn(SC(C)C)nn1. The van der Waals surface area contributed by atoms with Gasteiger partial charge >= 0.3 is 0 Å². The van der Waals surface area contributed by atoms with Crippen LogP contribution in [-0.4, -0.2) is 19.6 Å². The Morgan fingerprint density at radius 1 is 1.38 bits per heavy atom. The fourth-order valence-electron chi connectivity index (χ4n) is 1.06. The van der Waals surface area contributed by atoms with Crippen molar-refractivity contribution in [2.45, 2.75) is 39.4 Å². The molecule has 0 aromatic carbocycles. The van der Waals surface area contributed by atoms with Gasteiger partial charge in [0.1, 0.15) is 0 Å². The monoisotopic (exact) mass is 199 g/mol. The van der Waals surface area contributed by atoms with Crippen LogP contribution in [0.2, 0.25) is 0 Å². The molecule has 1 aromatic heterocycles. The Labute approximate surface area is 84.0 Å². The molecule has 0 atom stereocenters. The van der Waals surface area contributed by atoms with Crippen LogP contribution in [0.25, 0.3) is 0 Å². The molecule has 0 spiro atoms. The van der Waals surface area contributed by atoms with Gasteiger partial charge in [0.15, 0.2) is 0 Å². The van der Waals surface area contributed by atoms with Crippen LogP contribution in [0.15, 0.2) is 6.20 Å². The van der Waals surface area contributed by atoms with E-state index in [1.165, 1.54) is 0 Å². The van der Waals surface area contributed by atoms with Crippen molar-refractivity contribution in [3.05, 3.63) is 11.9 Å². The van der Waals surface area contributed by atoms with E-state index in [4.69, 9.17) is 0 Å². The smallest absolute Gasteiger partial charge is 0.0840 e. The standard InChI is InChI=1S/C9H17N3S/c1-7(2)5-9-6-12(11-10-9)13-8(3)4/h6-8H,5H2,1-4H3. The van der Waals surface area contributed by atoms with Crippen molar-refractivity contribution >= 4 is 11.9 Å². The van der Waals surface area contributed by atoms with Gasteiger partial charge < -0.3 is 0 Å². The van der Waals surface area contributed by atoms with Gasteiger partial charge in [-0.15, -0.1) is 5.10 Å². The van der Waals surface area contributed by atoms with Crippen molar-refractivity contribution in [3.8, 4) is 0 Å². The second kappa shape index (κ2) is 4.65. The predicted octanol–water partition coefficient (Wildman–Crippen LogP) is 2.38. The van der Waals surface area contributed by atoms with E-state index < -0.39 is 0 Å². The molecule has 0 fully saturated rings. The first-order valence-electron chi connectivity index (χ1n) is 4.66. The summed E-state index contributed by atoms with van der Waals surface area (Å²) in [5.41, 5.74) is 1.09. The average molecular weight is 199 g/mol. The molecule has 0 saturated heterocycles. The molecule has 0 unspecified atom stereocenters. The zero-order valence-corrected chi connectivity index (χ0v) is 9.51. The normalized spacial score (nSPS) is 11.5. The average Bonchev–Trinajstić information content (AvgIpc) is 2.33. The fraction of sp³-hybridized carbons (Fsp3) is 0.778. The molecule has 1 heterocycles. The van der Waals surface area contributed by atoms with Gasteiger partial charge in [0.25, 0.3) is 0 Å². The van der Waals surface area contributed by atoms with Crippen LogP contribution >= 0.6 is 11.9 Å². The summed E-state index contributed by atoms with van der Waals surface area (Å²) in [6.45, 7) is 8.67. The van der Waals surface area contributed by atoms with Crippen LogP contribution in [0.4, 0.5) is 0 Å². The van der Waals surface area contributed by atoms with Gasteiger partial charge in [-0.3, -0.25) is 0 Å². The summed E-state index contributed by atoms with van der Waals surface area (Å²) >= 11 is 1.69. The van der Waals surface area contributed by atoms with E-state index in [9.17, 15) is 0 Å². The largest absolute Gasteiger partial charge is 0.193 e. The topological polar surface area (TPSA) is 30.7 Å². The zero-order chi connectivity index (χ0) is 9.84. The van der Waals surface area contributed by atoms with Crippen LogP contribution in [0.3, 0.4) is 0 Å². The number of rotatable bonds is 4. The van der Waals surface area contributed by atoms with Gasteiger partial charge in [0.2, 0.25) is 0 Å². The second-order valence-electron chi connectivity index (χ2n) is 3.86. The molecule has 0 aliphatic carbocycles. The van der Waals surface area contributed by atoms with Crippen molar-refractivity contribution in [1.29, 1.82) is 0 Å². The Morgan fingerprint density at radius 2 is 2.08 bits per heavy atom. The van der Waals surface area contributed by atoms with E-state index >= 15 is 0 Å². The third kappa shape index (κ3) is 3.81.